The van der Waals surface area contributed by atoms with Gasteiger partial charge in [-0.05, 0) is 98.2 Å². The fourth-order valence-corrected chi connectivity index (χ4v) is 8.63. The van der Waals surface area contributed by atoms with Crippen molar-refractivity contribution in [1.82, 2.24) is 0 Å². The van der Waals surface area contributed by atoms with E-state index in [4.69, 9.17) is 0 Å². The number of thiol groups is 1. The van der Waals surface area contributed by atoms with Crippen LogP contribution in [-0.2, 0) is 0 Å². The first-order chi connectivity index (χ1) is 14.9. The van der Waals surface area contributed by atoms with Crippen molar-refractivity contribution < 1.29 is 5.11 Å². The Morgan fingerprint density at radius 3 is 2.55 bits per heavy atom. The molecule has 0 aliphatic heterocycles. The molecule has 3 heteroatoms. The minimum absolute atomic E-state index is 0.0738. The van der Waals surface area contributed by atoms with Gasteiger partial charge < -0.3 is 5.11 Å². The minimum atomic E-state index is -0.0738. The molecule has 3 fully saturated rings. The van der Waals surface area contributed by atoms with E-state index in [1.807, 2.05) is 0 Å². The fraction of sp³-hybridized carbons (Fsp3) is 0.929. The average molecular weight is 467 g/mol. The van der Waals surface area contributed by atoms with E-state index >= 15 is 0 Å². The van der Waals surface area contributed by atoms with Crippen LogP contribution in [0, 0.1) is 40.4 Å². The normalized spacial score (nSPS) is 42.4. The molecule has 0 saturated heterocycles. The Hall–Kier alpha value is 0.480. The van der Waals surface area contributed by atoms with Gasteiger partial charge in [0.2, 0.25) is 0 Å². The van der Waals surface area contributed by atoms with Crippen LogP contribution in [0.2, 0.25) is 0 Å². The summed E-state index contributed by atoms with van der Waals surface area (Å²) in [5.41, 5.74) is 2.64. The van der Waals surface area contributed by atoms with Crippen LogP contribution in [0.3, 0.4) is 0 Å². The molecule has 0 radical (unpaired) electrons. The molecule has 0 aromatic rings. The van der Waals surface area contributed by atoms with Crippen LogP contribution in [0.5, 0.6) is 0 Å². The highest BCUT2D eigenvalue weighted by atomic mass is 32.7. The van der Waals surface area contributed by atoms with Crippen molar-refractivity contribution in [3.63, 3.8) is 0 Å². The molecule has 0 heterocycles. The second kappa shape index (κ2) is 11.3. The highest BCUT2D eigenvalue weighted by Gasteiger charge is 2.58. The van der Waals surface area contributed by atoms with Gasteiger partial charge >= 0.3 is 0 Å². The Morgan fingerprint density at radius 2 is 1.81 bits per heavy atom. The molecule has 180 valence electrons. The first-order valence-electron chi connectivity index (χ1n) is 13.5. The largest absolute Gasteiger partial charge is 0.393 e. The van der Waals surface area contributed by atoms with E-state index in [0.717, 1.165) is 42.4 Å². The number of fused-ring (bicyclic) bond motifs is 5. The Labute approximate surface area is 201 Å². The molecule has 0 bridgehead atoms. The topological polar surface area (TPSA) is 20.2 Å². The van der Waals surface area contributed by atoms with Crippen LogP contribution >= 0.6 is 20.7 Å². The van der Waals surface area contributed by atoms with E-state index in [1.54, 1.807) is 5.57 Å². The standard InChI is InChI=1S/C28H48O.H3PS/c1-5-6-8-20(2)9-7-10-21-12-14-25-24-13-11-22-19-23(29)15-17-28(22,4)26(24)16-18-27(21,25)3;1-2/h11,20-21,23-26,29H,5-10,12-19H2,1-4H3;2H,1H2. The Balaban J connectivity index is 0.00000132. The summed E-state index contributed by atoms with van der Waals surface area (Å²) in [4.78, 5) is 0. The van der Waals surface area contributed by atoms with E-state index in [2.05, 4.69) is 54.5 Å². The second-order valence-electron chi connectivity index (χ2n) is 12.2. The van der Waals surface area contributed by atoms with E-state index in [9.17, 15) is 5.11 Å². The Bertz CT molecular complexity index is 606. The predicted molar refractivity (Wildman–Crippen MR) is 142 cm³/mol. The van der Waals surface area contributed by atoms with Gasteiger partial charge in [0.25, 0.3) is 0 Å². The van der Waals surface area contributed by atoms with Gasteiger partial charge in [-0.1, -0.05) is 79.9 Å². The van der Waals surface area contributed by atoms with Gasteiger partial charge in [0, 0.05) is 0 Å². The molecule has 0 amide bonds. The van der Waals surface area contributed by atoms with Crippen molar-refractivity contribution >= 4 is 20.7 Å². The van der Waals surface area contributed by atoms with Crippen molar-refractivity contribution in [2.45, 2.75) is 124 Å². The van der Waals surface area contributed by atoms with Crippen LogP contribution in [0.15, 0.2) is 11.6 Å². The smallest absolute Gasteiger partial charge is 0.0577 e. The number of hydrogen-bond acceptors (Lipinski definition) is 2. The molecule has 1 nitrogen and oxygen atoms in total. The van der Waals surface area contributed by atoms with Crippen LogP contribution < -0.4 is 0 Å². The summed E-state index contributed by atoms with van der Waals surface area (Å²) >= 11 is 3.44. The molecule has 4 aliphatic rings. The zero-order chi connectivity index (χ0) is 22.6. The van der Waals surface area contributed by atoms with Crippen LogP contribution in [0.4, 0.5) is 0 Å². The molecule has 31 heavy (non-hydrogen) atoms. The quantitative estimate of drug-likeness (QED) is 0.218. The van der Waals surface area contributed by atoms with Gasteiger partial charge in [0.15, 0.2) is 0 Å². The Kier molecular flexibility index (Phi) is 9.49. The van der Waals surface area contributed by atoms with Crippen LogP contribution in [0.1, 0.15) is 118 Å². The predicted octanol–water partition coefficient (Wildman–Crippen LogP) is 8.63. The summed E-state index contributed by atoms with van der Waals surface area (Å²) in [6.45, 7) is 10.1. The Morgan fingerprint density at radius 1 is 1.06 bits per heavy atom. The van der Waals surface area contributed by atoms with Crippen molar-refractivity contribution in [1.29, 1.82) is 0 Å². The van der Waals surface area contributed by atoms with E-state index < -0.39 is 0 Å². The monoisotopic (exact) mass is 466 g/mol. The first kappa shape index (κ1) is 26.1. The molecule has 1 N–H and O–H groups in total. The lowest BCUT2D eigenvalue weighted by atomic mass is 9.47. The summed E-state index contributed by atoms with van der Waals surface area (Å²) in [6.07, 6.45) is 21.6. The number of aliphatic hydroxyl groups is 1. The summed E-state index contributed by atoms with van der Waals surface area (Å²) in [5, 5.41) is 10.2. The van der Waals surface area contributed by atoms with Crippen molar-refractivity contribution in [3.05, 3.63) is 11.6 Å². The lowest BCUT2D eigenvalue weighted by molar-refractivity contribution is -0.0509. The lowest BCUT2D eigenvalue weighted by Gasteiger charge is -2.58. The highest BCUT2D eigenvalue weighted by Crippen LogP contribution is 2.66. The fourth-order valence-electron chi connectivity index (χ4n) is 8.63. The molecule has 4 aliphatic carbocycles. The lowest BCUT2D eigenvalue weighted by Crippen LogP contribution is -2.50. The maximum atomic E-state index is 10.2. The molecule has 9 unspecified atom stereocenters. The van der Waals surface area contributed by atoms with Gasteiger partial charge in [0.05, 0.1) is 6.10 Å². The van der Waals surface area contributed by atoms with Gasteiger partial charge in [-0.3, -0.25) is 0 Å². The zero-order valence-electron chi connectivity index (χ0n) is 20.9. The summed E-state index contributed by atoms with van der Waals surface area (Å²) in [7, 11) is 2.11. The molecule has 9 atom stereocenters. The summed E-state index contributed by atoms with van der Waals surface area (Å²) < 4.78 is 0. The molecule has 0 aromatic carbocycles. The number of aliphatic hydroxyl groups excluding tert-OH is 1. The van der Waals surface area contributed by atoms with Crippen molar-refractivity contribution in [2.24, 2.45) is 40.4 Å². The average Bonchev–Trinajstić information content (AvgIpc) is 3.10. The molecule has 4 rings (SSSR count). The first-order valence-corrected chi connectivity index (χ1v) is 15.6. The third-order valence-electron chi connectivity index (χ3n) is 10.6. The number of hydrogen-bond donors (Lipinski definition) is 2. The second-order valence-corrected chi connectivity index (χ2v) is 12.2. The number of unbranched alkanes of at least 4 members (excludes halogenated alkanes) is 1. The highest BCUT2D eigenvalue weighted by molar-refractivity contribution is 8.31. The van der Waals surface area contributed by atoms with Gasteiger partial charge in [-0.2, -0.15) is 12.2 Å². The van der Waals surface area contributed by atoms with E-state index in [-0.39, 0.29) is 6.10 Å². The maximum absolute atomic E-state index is 10.2. The SMILES string of the molecule is CCCCC(C)CCCC1CCC2C3CC=C4CC(O)CCC4(C)C3CCC12C.PS. The number of rotatable bonds is 7. The molecular weight excluding hydrogens is 415 g/mol. The third kappa shape index (κ3) is 5.27. The number of allylic oxidation sites excluding steroid dienone is 1. The van der Waals surface area contributed by atoms with E-state index in [1.165, 1.54) is 77.0 Å². The van der Waals surface area contributed by atoms with Gasteiger partial charge in [0.1, 0.15) is 0 Å². The minimum Gasteiger partial charge on any atom is -0.393 e. The zero-order valence-corrected chi connectivity index (χ0v) is 23.0. The molecule has 0 spiro atoms. The van der Waals surface area contributed by atoms with E-state index in [0.29, 0.717) is 10.8 Å². The molecule has 3 saturated carbocycles. The third-order valence-corrected chi connectivity index (χ3v) is 10.6. The molecule has 0 aromatic heterocycles. The van der Waals surface area contributed by atoms with Crippen LogP contribution in [0.25, 0.3) is 0 Å². The van der Waals surface area contributed by atoms with Crippen LogP contribution in [-0.4, -0.2) is 11.2 Å². The van der Waals surface area contributed by atoms with Gasteiger partial charge in [-0.25, -0.2) is 0 Å². The van der Waals surface area contributed by atoms with Gasteiger partial charge in [-0.15, -0.1) is 0 Å². The molecular formula is C28H51OPS. The summed E-state index contributed by atoms with van der Waals surface area (Å²) in [5.74, 6) is 4.69. The summed E-state index contributed by atoms with van der Waals surface area (Å²) in [6, 6.07) is 0. The maximum Gasteiger partial charge on any atom is 0.0577 e. The van der Waals surface area contributed by atoms with Crippen molar-refractivity contribution in [3.8, 4) is 0 Å². The van der Waals surface area contributed by atoms with Crippen molar-refractivity contribution in [2.75, 3.05) is 0 Å².